The van der Waals surface area contributed by atoms with Gasteiger partial charge in [-0.25, -0.2) is 0 Å². The third-order valence-corrected chi connectivity index (χ3v) is 4.83. The zero-order chi connectivity index (χ0) is 12.6. The van der Waals surface area contributed by atoms with E-state index in [1.165, 1.54) is 5.57 Å². The monoisotopic (exact) mass is 234 g/mol. The molecule has 2 nitrogen and oxygen atoms in total. The lowest BCUT2D eigenvalue weighted by atomic mass is 9.61. The smallest absolute Gasteiger partial charge is 0.129 e. The maximum absolute atomic E-state index is 6.25. The molecule has 0 bridgehead atoms. The molecule has 4 unspecified atom stereocenters. The first-order chi connectivity index (χ1) is 7.74. The van der Waals surface area contributed by atoms with Crippen molar-refractivity contribution in [1.82, 2.24) is 0 Å². The van der Waals surface area contributed by atoms with E-state index in [1.807, 2.05) is 6.92 Å². The molecule has 3 aliphatic rings. The van der Waals surface area contributed by atoms with Crippen molar-refractivity contribution in [2.75, 3.05) is 0 Å². The summed E-state index contributed by atoms with van der Waals surface area (Å²) in [7, 11) is 0. The first-order valence-electron chi connectivity index (χ1n) is 6.44. The number of epoxide rings is 2. The van der Waals surface area contributed by atoms with Gasteiger partial charge in [-0.1, -0.05) is 32.1 Å². The quantitative estimate of drug-likeness (QED) is 0.541. The second-order valence-corrected chi connectivity index (χ2v) is 6.75. The summed E-state index contributed by atoms with van der Waals surface area (Å²) < 4.78 is 12.0. The number of allylic oxidation sites excluding steroid dienone is 2. The van der Waals surface area contributed by atoms with Gasteiger partial charge in [-0.3, -0.25) is 0 Å². The van der Waals surface area contributed by atoms with Crippen molar-refractivity contribution in [3.63, 3.8) is 0 Å². The van der Waals surface area contributed by atoms with Crippen molar-refractivity contribution < 1.29 is 9.47 Å². The van der Waals surface area contributed by atoms with E-state index in [-0.39, 0.29) is 16.6 Å². The van der Waals surface area contributed by atoms with E-state index >= 15 is 0 Å². The maximum Gasteiger partial charge on any atom is 0.129 e. The molecular weight excluding hydrogens is 212 g/mol. The third kappa shape index (κ3) is 1.18. The molecule has 1 aliphatic carbocycles. The fourth-order valence-corrected chi connectivity index (χ4v) is 4.27. The van der Waals surface area contributed by atoms with Gasteiger partial charge in [0.1, 0.15) is 17.3 Å². The standard InChI is InChI=1S/C15H22O2/c1-9(2)7-10(3)15-13(4,5)8-11-12(16-11)14(15,6)17-15/h7,11-12H,1,8H2,2-6H3/b10-7+. The van der Waals surface area contributed by atoms with Crippen molar-refractivity contribution >= 4 is 0 Å². The van der Waals surface area contributed by atoms with Crippen molar-refractivity contribution in [3.05, 3.63) is 23.8 Å². The Hall–Kier alpha value is -0.600. The predicted octanol–water partition coefficient (Wildman–Crippen LogP) is 3.23. The van der Waals surface area contributed by atoms with Gasteiger partial charge in [0.2, 0.25) is 0 Å². The Morgan fingerprint density at radius 2 is 1.94 bits per heavy atom. The Morgan fingerprint density at radius 3 is 2.53 bits per heavy atom. The highest BCUT2D eigenvalue weighted by Gasteiger charge is 2.85. The van der Waals surface area contributed by atoms with Crippen LogP contribution >= 0.6 is 0 Å². The lowest BCUT2D eigenvalue weighted by Crippen LogP contribution is -2.47. The molecule has 2 aliphatic heterocycles. The Labute approximate surface area is 104 Å². The summed E-state index contributed by atoms with van der Waals surface area (Å²) in [5.41, 5.74) is 2.26. The largest absolute Gasteiger partial charge is 0.366 e. The molecule has 2 saturated heterocycles. The highest BCUT2D eigenvalue weighted by molar-refractivity contribution is 5.44. The minimum atomic E-state index is -0.142. The summed E-state index contributed by atoms with van der Waals surface area (Å²) in [5.74, 6) is 0. The summed E-state index contributed by atoms with van der Waals surface area (Å²) in [5, 5.41) is 0. The average molecular weight is 234 g/mol. The van der Waals surface area contributed by atoms with Gasteiger partial charge in [-0.05, 0) is 32.8 Å². The first kappa shape index (κ1) is 11.5. The molecule has 0 aromatic rings. The Kier molecular flexibility index (Phi) is 1.93. The molecule has 0 aromatic carbocycles. The number of ether oxygens (including phenoxy) is 2. The normalized spacial score (nSPS) is 50.3. The van der Waals surface area contributed by atoms with Crippen LogP contribution in [-0.2, 0) is 9.47 Å². The molecule has 3 fully saturated rings. The lowest BCUT2D eigenvalue weighted by Gasteiger charge is -2.37. The lowest BCUT2D eigenvalue weighted by molar-refractivity contribution is 0.141. The fourth-order valence-electron chi connectivity index (χ4n) is 4.27. The van der Waals surface area contributed by atoms with E-state index in [9.17, 15) is 0 Å². The summed E-state index contributed by atoms with van der Waals surface area (Å²) in [4.78, 5) is 0. The summed E-state index contributed by atoms with van der Waals surface area (Å²) in [6, 6.07) is 0. The molecular formula is C15H22O2. The second kappa shape index (κ2) is 2.86. The molecule has 0 N–H and O–H groups in total. The van der Waals surface area contributed by atoms with Crippen LogP contribution in [0.5, 0.6) is 0 Å². The summed E-state index contributed by atoms with van der Waals surface area (Å²) in [6.07, 6.45) is 3.98. The minimum absolute atomic E-state index is 0.116. The van der Waals surface area contributed by atoms with E-state index < -0.39 is 0 Å². The van der Waals surface area contributed by atoms with Crippen LogP contribution in [0.25, 0.3) is 0 Å². The van der Waals surface area contributed by atoms with E-state index in [0.29, 0.717) is 12.2 Å². The molecule has 94 valence electrons. The number of rotatable bonds is 2. The van der Waals surface area contributed by atoms with Crippen LogP contribution in [-0.4, -0.2) is 23.4 Å². The van der Waals surface area contributed by atoms with Gasteiger partial charge in [-0.15, -0.1) is 0 Å². The third-order valence-electron chi connectivity index (χ3n) is 4.83. The molecule has 17 heavy (non-hydrogen) atoms. The summed E-state index contributed by atoms with van der Waals surface area (Å²) in [6.45, 7) is 15.0. The van der Waals surface area contributed by atoms with Crippen LogP contribution in [0, 0.1) is 5.41 Å². The molecule has 2 heteroatoms. The average Bonchev–Trinajstić information content (AvgIpc) is 2.98. The van der Waals surface area contributed by atoms with Crippen molar-refractivity contribution in [2.24, 2.45) is 5.41 Å². The molecule has 4 atom stereocenters. The fraction of sp³-hybridized carbons (Fsp3) is 0.733. The SMILES string of the molecule is C=C(C)/C=C(\C)C12OC1(C)C1OC1CC2(C)C. The van der Waals surface area contributed by atoms with Gasteiger partial charge < -0.3 is 9.47 Å². The molecule has 1 saturated carbocycles. The van der Waals surface area contributed by atoms with Gasteiger partial charge in [0.15, 0.2) is 0 Å². The van der Waals surface area contributed by atoms with E-state index in [0.717, 1.165) is 12.0 Å². The molecule has 0 spiro atoms. The highest BCUT2D eigenvalue weighted by Crippen LogP contribution is 2.72. The minimum Gasteiger partial charge on any atom is -0.366 e. The van der Waals surface area contributed by atoms with Crippen molar-refractivity contribution in [3.8, 4) is 0 Å². The maximum atomic E-state index is 6.25. The Balaban J connectivity index is 2.04. The number of hydrogen-bond acceptors (Lipinski definition) is 2. The topological polar surface area (TPSA) is 25.1 Å². The van der Waals surface area contributed by atoms with Gasteiger partial charge >= 0.3 is 0 Å². The Bertz CT molecular complexity index is 427. The number of hydrogen-bond donors (Lipinski definition) is 0. The second-order valence-electron chi connectivity index (χ2n) is 6.75. The van der Waals surface area contributed by atoms with Crippen LogP contribution in [0.1, 0.15) is 41.0 Å². The first-order valence-corrected chi connectivity index (χ1v) is 6.44. The highest BCUT2D eigenvalue weighted by atomic mass is 16.7. The zero-order valence-electron chi connectivity index (χ0n) is 11.5. The molecule has 3 rings (SSSR count). The molecule has 0 aromatic heterocycles. The molecule has 0 amide bonds. The molecule has 0 radical (unpaired) electrons. The van der Waals surface area contributed by atoms with Gasteiger partial charge in [-0.2, -0.15) is 0 Å². The van der Waals surface area contributed by atoms with Crippen LogP contribution in [0.3, 0.4) is 0 Å². The predicted molar refractivity (Wildman–Crippen MR) is 67.9 cm³/mol. The van der Waals surface area contributed by atoms with Crippen molar-refractivity contribution in [1.29, 1.82) is 0 Å². The van der Waals surface area contributed by atoms with Crippen LogP contribution in [0.4, 0.5) is 0 Å². The summed E-state index contributed by atoms with van der Waals surface area (Å²) >= 11 is 0. The number of fused-ring (bicyclic) bond motifs is 3. The van der Waals surface area contributed by atoms with Gasteiger partial charge in [0.05, 0.1) is 6.10 Å². The zero-order valence-corrected chi connectivity index (χ0v) is 11.5. The van der Waals surface area contributed by atoms with Crippen LogP contribution in [0.2, 0.25) is 0 Å². The van der Waals surface area contributed by atoms with Crippen molar-refractivity contribution in [2.45, 2.75) is 64.4 Å². The Morgan fingerprint density at radius 1 is 1.29 bits per heavy atom. The van der Waals surface area contributed by atoms with E-state index in [1.54, 1.807) is 0 Å². The van der Waals surface area contributed by atoms with Crippen LogP contribution < -0.4 is 0 Å². The van der Waals surface area contributed by atoms with Gasteiger partial charge in [0, 0.05) is 5.41 Å². The molecule has 2 heterocycles. The van der Waals surface area contributed by atoms with Gasteiger partial charge in [0.25, 0.3) is 0 Å². The van der Waals surface area contributed by atoms with E-state index in [2.05, 4.69) is 40.3 Å². The van der Waals surface area contributed by atoms with E-state index in [4.69, 9.17) is 9.47 Å². The van der Waals surface area contributed by atoms with Crippen LogP contribution in [0.15, 0.2) is 23.8 Å².